The molecule has 2 unspecified atom stereocenters. The molecule has 0 radical (unpaired) electrons. The highest BCUT2D eigenvalue weighted by atomic mass is 16.3. The maximum absolute atomic E-state index is 11.8. The van der Waals surface area contributed by atoms with Crippen LogP contribution >= 0.6 is 0 Å². The molecule has 0 saturated carbocycles. The molecule has 5 nitrogen and oxygen atoms in total. The first kappa shape index (κ1) is 13.8. The molecule has 1 saturated heterocycles. The number of nitrogens with one attached hydrogen (secondary N) is 1. The van der Waals surface area contributed by atoms with Gasteiger partial charge in [-0.25, -0.2) is 0 Å². The second-order valence-electron chi connectivity index (χ2n) is 4.97. The normalized spacial score (nSPS) is 22.6. The van der Waals surface area contributed by atoms with Crippen LogP contribution in [0.5, 0.6) is 0 Å². The third kappa shape index (κ3) is 2.87. The van der Waals surface area contributed by atoms with Crippen molar-refractivity contribution in [2.24, 2.45) is 5.92 Å². The summed E-state index contributed by atoms with van der Waals surface area (Å²) in [5.41, 5.74) is 1.38. The zero-order chi connectivity index (χ0) is 13.8. The molecule has 0 bridgehead atoms. The van der Waals surface area contributed by atoms with E-state index in [1.54, 1.807) is 12.3 Å². The Morgan fingerprint density at radius 2 is 2.42 bits per heavy atom. The average molecular weight is 263 g/mol. The van der Waals surface area contributed by atoms with Gasteiger partial charge in [-0.1, -0.05) is 6.92 Å². The Labute approximate surface area is 113 Å². The van der Waals surface area contributed by atoms with E-state index in [0.29, 0.717) is 18.2 Å². The highest BCUT2D eigenvalue weighted by molar-refractivity contribution is 5.93. The molecular formula is C14H21N3O2. The maximum Gasteiger partial charge on any atom is 0.269 e. The maximum atomic E-state index is 11.8. The number of hydrogen-bond donors (Lipinski definition) is 2. The minimum atomic E-state index is -0.155. The molecule has 1 aliphatic rings. The predicted octanol–water partition coefficient (Wildman–Crippen LogP) is 1.04. The highest BCUT2D eigenvalue weighted by Crippen LogP contribution is 2.29. The molecule has 5 heteroatoms. The van der Waals surface area contributed by atoms with Crippen molar-refractivity contribution in [1.29, 1.82) is 0 Å². The van der Waals surface area contributed by atoms with E-state index in [1.807, 2.05) is 13.0 Å². The fourth-order valence-electron chi connectivity index (χ4n) is 2.58. The third-order valence-corrected chi connectivity index (χ3v) is 3.71. The average Bonchev–Trinajstić information content (AvgIpc) is 2.80. The van der Waals surface area contributed by atoms with Crippen LogP contribution < -0.4 is 10.2 Å². The highest BCUT2D eigenvalue weighted by Gasteiger charge is 2.30. The van der Waals surface area contributed by atoms with Crippen molar-refractivity contribution in [3.63, 3.8) is 0 Å². The number of hydrogen-bond acceptors (Lipinski definition) is 4. The lowest BCUT2D eigenvalue weighted by Crippen LogP contribution is -2.35. The molecule has 0 aliphatic carbocycles. The number of rotatable bonds is 4. The van der Waals surface area contributed by atoms with Gasteiger partial charge in [0.2, 0.25) is 0 Å². The van der Waals surface area contributed by atoms with Crippen LogP contribution in [0.2, 0.25) is 0 Å². The second-order valence-corrected chi connectivity index (χ2v) is 4.97. The Hall–Kier alpha value is -1.62. The fourth-order valence-corrected chi connectivity index (χ4v) is 2.58. The van der Waals surface area contributed by atoms with Gasteiger partial charge in [0.15, 0.2) is 0 Å². The van der Waals surface area contributed by atoms with Crippen LogP contribution in [-0.2, 0) is 0 Å². The second kappa shape index (κ2) is 6.02. The first-order valence-electron chi connectivity index (χ1n) is 6.79. The van der Waals surface area contributed by atoms with E-state index in [9.17, 15) is 9.90 Å². The van der Waals surface area contributed by atoms with Crippen molar-refractivity contribution in [2.45, 2.75) is 26.3 Å². The lowest BCUT2D eigenvalue weighted by molar-refractivity contribution is 0.0951. The molecule has 19 heavy (non-hydrogen) atoms. The molecule has 2 rings (SSSR count). The number of pyridine rings is 1. The minimum Gasteiger partial charge on any atom is -0.394 e. The molecule has 1 fully saturated rings. The zero-order valence-electron chi connectivity index (χ0n) is 11.5. The lowest BCUT2D eigenvalue weighted by atomic mass is 10.0. The van der Waals surface area contributed by atoms with E-state index in [1.165, 1.54) is 0 Å². The quantitative estimate of drug-likeness (QED) is 0.852. The number of carbonyl (C=O) groups excluding carboxylic acids is 1. The summed E-state index contributed by atoms with van der Waals surface area (Å²) < 4.78 is 0. The Balaban J connectivity index is 2.21. The molecule has 2 N–H and O–H groups in total. The van der Waals surface area contributed by atoms with Gasteiger partial charge in [0, 0.05) is 25.0 Å². The summed E-state index contributed by atoms with van der Waals surface area (Å²) >= 11 is 0. The van der Waals surface area contributed by atoms with Gasteiger partial charge in [0.1, 0.15) is 5.69 Å². The van der Waals surface area contributed by atoms with Gasteiger partial charge in [0.25, 0.3) is 5.91 Å². The first-order valence-corrected chi connectivity index (χ1v) is 6.79. The number of nitrogens with zero attached hydrogens (tertiary/aromatic N) is 2. The Morgan fingerprint density at radius 3 is 3.11 bits per heavy atom. The summed E-state index contributed by atoms with van der Waals surface area (Å²) in [6, 6.07) is 3.82. The smallest absolute Gasteiger partial charge is 0.269 e. The number of aliphatic hydroxyl groups is 1. The number of aromatic nitrogens is 1. The molecule has 1 amide bonds. The van der Waals surface area contributed by atoms with E-state index in [2.05, 4.69) is 22.1 Å². The van der Waals surface area contributed by atoms with Crippen molar-refractivity contribution < 1.29 is 9.90 Å². The van der Waals surface area contributed by atoms with Crippen LogP contribution in [0.4, 0.5) is 5.69 Å². The molecule has 1 aromatic rings. The third-order valence-electron chi connectivity index (χ3n) is 3.71. The molecule has 1 aromatic heterocycles. The van der Waals surface area contributed by atoms with Crippen LogP contribution in [0.25, 0.3) is 0 Å². The number of aliphatic hydroxyl groups excluding tert-OH is 1. The molecule has 0 spiro atoms. The molecule has 0 aromatic carbocycles. The topological polar surface area (TPSA) is 65.5 Å². The monoisotopic (exact) mass is 263 g/mol. The van der Waals surface area contributed by atoms with Gasteiger partial charge >= 0.3 is 0 Å². The molecule has 1 aliphatic heterocycles. The van der Waals surface area contributed by atoms with Crippen LogP contribution in [0.15, 0.2) is 18.3 Å². The van der Waals surface area contributed by atoms with Gasteiger partial charge in [-0.05, 0) is 31.4 Å². The van der Waals surface area contributed by atoms with Crippen molar-refractivity contribution in [3.8, 4) is 0 Å². The summed E-state index contributed by atoms with van der Waals surface area (Å²) in [6.07, 6.45) is 2.71. The fraction of sp³-hybridized carbons (Fsp3) is 0.571. The van der Waals surface area contributed by atoms with Gasteiger partial charge in [-0.3, -0.25) is 9.78 Å². The van der Waals surface area contributed by atoms with Crippen LogP contribution in [0, 0.1) is 5.92 Å². The van der Waals surface area contributed by atoms with Crippen LogP contribution in [-0.4, -0.2) is 41.7 Å². The summed E-state index contributed by atoms with van der Waals surface area (Å²) in [5, 5.41) is 12.2. The van der Waals surface area contributed by atoms with Gasteiger partial charge < -0.3 is 15.3 Å². The van der Waals surface area contributed by atoms with E-state index < -0.39 is 0 Å². The largest absolute Gasteiger partial charge is 0.394 e. The van der Waals surface area contributed by atoms with Gasteiger partial charge in [-0.15, -0.1) is 0 Å². The Morgan fingerprint density at radius 1 is 1.63 bits per heavy atom. The van der Waals surface area contributed by atoms with Gasteiger partial charge in [0.05, 0.1) is 12.6 Å². The van der Waals surface area contributed by atoms with Crippen LogP contribution in [0.3, 0.4) is 0 Å². The number of carbonyl (C=O) groups is 1. The van der Waals surface area contributed by atoms with Crippen molar-refractivity contribution in [2.75, 3.05) is 24.6 Å². The Bertz CT molecular complexity index is 450. The molecule has 104 valence electrons. The summed E-state index contributed by atoms with van der Waals surface area (Å²) in [4.78, 5) is 18.0. The number of amides is 1. The standard InChI is InChI=1S/C14H21N3O2/c1-3-15-14(19)12-8-11(4-6-16-12)17-7-5-10(2)13(17)9-18/h4,6,8,10,13,18H,3,5,7,9H2,1-2H3,(H,15,19). The molecule has 2 atom stereocenters. The van der Waals surface area contributed by atoms with Crippen molar-refractivity contribution in [3.05, 3.63) is 24.0 Å². The number of anilines is 1. The summed E-state index contributed by atoms with van der Waals surface area (Å²) in [7, 11) is 0. The molecule has 2 heterocycles. The van der Waals surface area contributed by atoms with E-state index >= 15 is 0 Å². The summed E-state index contributed by atoms with van der Waals surface area (Å²) in [5.74, 6) is 0.309. The predicted molar refractivity (Wildman–Crippen MR) is 74.2 cm³/mol. The van der Waals surface area contributed by atoms with Crippen LogP contribution in [0.1, 0.15) is 30.8 Å². The van der Waals surface area contributed by atoms with Gasteiger partial charge in [-0.2, -0.15) is 0 Å². The van der Waals surface area contributed by atoms with E-state index in [0.717, 1.165) is 18.7 Å². The SMILES string of the molecule is CCNC(=O)c1cc(N2CCC(C)C2CO)ccn1. The first-order chi connectivity index (χ1) is 9.17. The van der Waals surface area contributed by atoms with E-state index in [-0.39, 0.29) is 18.6 Å². The van der Waals surface area contributed by atoms with E-state index in [4.69, 9.17) is 0 Å². The van der Waals surface area contributed by atoms with Crippen molar-refractivity contribution >= 4 is 11.6 Å². The van der Waals surface area contributed by atoms with Crippen molar-refractivity contribution in [1.82, 2.24) is 10.3 Å². The Kier molecular flexibility index (Phi) is 4.37. The zero-order valence-corrected chi connectivity index (χ0v) is 11.5. The lowest BCUT2D eigenvalue weighted by Gasteiger charge is -2.27. The minimum absolute atomic E-state index is 0.129. The summed E-state index contributed by atoms with van der Waals surface area (Å²) in [6.45, 7) is 5.66. The molecular weight excluding hydrogens is 242 g/mol.